The van der Waals surface area contributed by atoms with Crippen LogP contribution in [0.25, 0.3) is 110 Å². The molecule has 0 radical (unpaired) electrons. The summed E-state index contributed by atoms with van der Waals surface area (Å²) in [6.45, 7) is 0. The number of rotatable bonds is 5. The molecule has 6 aromatic carbocycles. The van der Waals surface area contributed by atoms with E-state index in [0.717, 1.165) is 61.5 Å². The van der Waals surface area contributed by atoms with Gasteiger partial charge < -0.3 is 8.97 Å². The second-order valence-electron chi connectivity index (χ2n) is 14.9. The molecule has 0 amide bonds. The fraction of sp³-hybridized carbons (Fsp3) is 0. The van der Waals surface area contributed by atoms with Crippen LogP contribution in [0.4, 0.5) is 0 Å². The molecule has 5 heteroatoms. The molecule has 0 N–H and O–H groups in total. The predicted molar refractivity (Wildman–Crippen MR) is 239 cm³/mol. The second kappa shape index (κ2) is 12.8. The zero-order valence-corrected chi connectivity index (χ0v) is 31.3. The zero-order valence-electron chi connectivity index (χ0n) is 31.3. The third-order valence-electron chi connectivity index (χ3n) is 11.7. The molecule has 6 aromatic heterocycles. The minimum atomic E-state index is 0.902. The van der Waals surface area contributed by atoms with Crippen molar-refractivity contribution in [2.75, 3.05) is 0 Å². The maximum absolute atomic E-state index is 5.35. The first-order valence-electron chi connectivity index (χ1n) is 19.6. The van der Waals surface area contributed by atoms with Crippen LogP contribution in [0, 0.1) is 0 Å². The van der Waals surface area contributed by atoms with Crippen molar-refractivity contribution in [3.05, 3.63) is 201 Å². The van der Waals surface area contributed by atoms with Gasteiger partial charge in [0, 0.05) is 62.8 Å². The molecule has 0 atom stereocenters. The largest absolute Gasteiger partial charge is 0.309 e. The molecule has 0 bridgehead atoms. The van der Waals surface area contributed by atoms with Gasteiger partial charge in [-0.15, -0.1) is 0 Å². The summed E-state index contributed by atoms with van der Waals surface area (Å²) >= 11 is 0. The van der Waals surface area contributed by atoms with Crippen LogP contribution in [0.2, 0.25) is 0 Å². The maximum Gasteiger partial charge on any atom is 0.0730 e. The van der Waals surface area contributed by atoms with E-state index in [-0.39, 0.29) is 0 Å². The fourth-order valence-electron chi connectivity index (χ4n) is 8.99. The number of nitrogens with zero attached hydrogens (tertiary/aromatic N) is 5. The highest BCUT2D eigenvalue weighted by atomic mass is 15.0. The normalized spacial score (nSPS) is 11.8. The molecule has 0 spiro atoms. The van der Waals surface area contributed by atoms with Crippen molar-refractivity contribution in [2.24, 2.45) is 0 Å². The highest BCUT2D eigenvalue weighted by Gasteiger charge is 2.21. The van der Waals surface area contributed by atoms with Crippen molar-refractivity contribution in [3.8, 4) is 50.5 Å². The summed E-state index contributed by atoms with van der Waals surface area (Å²) in [6.07, 6.45) is 7.42. The molecule has 0 saturated heterocycles. The minimum absolute atomic E-state index is 0.902. The number of pyridine rings is 4. The summed E-state index contributed by atoms with van der Waals surface area (Å²) in [5.74, 6) is 0. The molecule has 6 heterocycles. The molecule has 270 valence electrons. The van der Waals surface area contributed by atoms with Gasteiger partial charge >= 0.3 is 0 Å². The topological polar surface area (TPSA) is 48.0 Å². The van der Waals surface area contributed by atoms with E-state index in [0.29, 0.717) is 0 Å². The van der Waals surface area contributed by atoms with E-state index >= 15 is 0 Å². The van der Waals surface area contributed by atoms with Crippen LogP contribution in [0.3, 0.4) is 0 Å². The molecular formula is C53H33N5. The summed E-state index contributed by atoms with van der Waals surface area (Å²) in [6, 6.07) is 63.3. The van der Waals surface area contributed by atoms with Gasteiger partial charge in [0.25, 0.3) is 0 Å². The van der Waals surface area contributed by atoms with Gasteiger partial charge in [-0.05, 0) is 76.2 Å². The molecule has 12 aromatic rings. The lowest BCUT2D eigenvalue weighted by Gasteiger charge is -2.14. The first-order valence-corrected chi connectivity index (χ1v) is 19.6. The summed E-state index contributed by atoms with van der Waals surface area (Å²) < 4.78 is 4.92. The number of para-hydroxylation sites is 2. The highest BCUT2D eigenvalue weighted by molar-refractivity contribution is 6.24. The summed E-state index contributed by atoms with van der Waals surface area (Å²) in [5, 5.41) is 7.43. The molecule has 0 aliphatic heterocycles. The van der Waals surface area contributed by atoms with Crippen LogP contribution >= 0.6 is 0 Å². The molecule has 0 fully saturated rings. The number of fused-ring (bicyclic) bond motifs is 12. The maximum atomic E-state index is 5.35. The Hall–Kier alpha value is -7.89. The van der Waals surface area contributed by atoms with Crippen LogP contribution in [-0.2, 0) is 0 Å². The van der Waals surface area contributed by atoms with Crippen molar-refractivity contribution in [2.45, 2.75) is 0 Å². The molecular weight excluding hydrogens is 707 g/mol. The Balaban J connectivity index is 1.12. The van der Waals surface area contributed by atoms with E-state index < -0.39 is 0 Å². The Morgan fingerprint density at radius 3 is 1.50 bits per heavy atom. The van der Waals surface area contributed by atoms with E-state index in [9.17, 15) is 0 Å². The second-order valence-corrected chi connectivity index (χ2v) is 14.9. The average molecular weight is 740 g/mol. The molecule has 0 aliphatic rings. The quantitative estimate of drug-likeness (QED) is 0.165. The Morgan fingerprint density at radius 2 is 0.897 bits per heavy atom. The van der Waals surface area contributed by atoms with Crippen molar-refractivity contribution in [3.63, 3.8) is 0 Å². The molecule has 5 nitrogen and oxygen atoms in total. The van der Waals surface area contributed by atoms with Gasteiger partial charge in [0.05, 0.1) is 44.7 Å². The van der Waals surface area contributed by atoms with E-state index in [1.807, 2.05) is 24.5 Å². The number of benzene rings is 6. The molecule has 58 heavy (non-hydrogen) atoms. The van der Waals surface area contributed by atoms with Gasteiger partial charge in [0.2, 0.25) is 0 Å². The van der Waals surface area contributed by atoms with Gasteiger partial charge in [-0.1, -0.05) is 127 Å². The van der Waals surface area contributed by atoms with Gasteiger partial charge in [0.15, 0.2) is 0 Å². The summed E-state index contributed by atoms with van der Waals surface area (Å²) in [5.41, 5.74) is 15.3. The van der Waals surface area contributed by atoms with Crippen molar-refractivity contribution >= 4 is 59.9 Å². The van der Waals surface area contributed by atoms with Gasteiger partial charge in [0.1, 0.15) is 0 Å². The highest BCUT2D eigenvalue weighted by Crippen LogP contribution is 2.42. The van der Waals surface area contributed by atoms with E-state index in [1.54, 1.807) is 12.4 Å². The van der Waals surface area contributed by atoms with Crippen LogP contribution < -0.4 is 0 Å². The number of aromatic nitrogens is 5. The van der Waals surface area contributed by atoms with Crippen molar-refractivity contribution in [1.29, 1.82) is 0 Å². The third-order valence-corrected chi connectivity index (χ3v) is 11.7. The van der Waals surface area contributed by atoms with Crippen LogP contribution in [0.1, 0.15) is 0 Å². The lowest BCUT2D eigenvalue weighted by atomic mass is 10.0. The van der Waals surface area contributed by atoms with Crippen molar-refractivity contribution < 1.29 is 0 Å². The number of hydrogen-bond donors (Lipinski definition) is 0. The summed E-state index contributed by atoms with van der Waals surface area (Å²) in [4.78, 5) is 14.0. The predicted octanol–water partition coefficient (Wildman–Crippen LogP) is 13.3. The Morgan fingerprint density at radius 1 is 0.362 bits per heavy atom. The summed E-state index contributed by atoms with van der Waals surface area (Å²) in [7, 11) is 0. The lowest BCUT2D eigenvalue weighted by Crippen LogP contribution is -1.98. The molecule has 0 saturated carbocycles. The minimum Gasteiger partial charge on any atom is -0.309 e. The Labute approximate surface area is 333 Å². The molecule has 12 rings (SSSR count). The third kappa shape index (κ3) is 5.00. The van der Waals surface area contributed by atoms with E-state index in [1.165, 1.54) is 48.9 Å². The number of hydrogen-bond acceptors (Lipinski definition) is 3. The smallest absolute Gasteiger partial charge is 0.0730 e. The Kier molecular flexibility index (Phi) is 7.16. The lowest BCUT2D eigenvalue weighted by molar-refractivity contribution is 1.16. The SMILES string of the molecule is c1cncc(-c2ccc(-c3cc(-n4c5ccccc5c5c4ccc4cc6c7ccccc7c7ccccc7n6c45)cc(-c4ccc(-c5cccnc5)cc4)n3)cc2)c1. The standard InChI is InChI=1S/C53H33N5/c1-2-13-44-42(11-1)43-12-3-5-15-48(43)58-51(44)29-38-25-26-50-52(53(38)58)45-14-4-6-16-49(45)57(50)41-30-46(36-21-17-34(18-22-36)39-9-7-27-54-32-39)56-47(31-41)37-23-19-35(20-24-37)40-10-8-28-55-33-40/h1-33H. The molecule has 0 unspecified atom stereocenters. The van der Waals surface area contributed by atoms with Gasteiger partial charge in [-0.3, -0.25) is 9.97 Å². The van der Waals surface area contributed by atoms with Crippen molar-refractivity contribution in [1.82, 2.24) is 23.9 Å². The van der Waals surface area contributed by atoms with Crippen LogP contribution in [0.5, 0.6) is 0 Å². The monoisotopic (exact) mass is 739 g/mol. The van der Waals surface area contributed by atoms with Crippen LogP contribution in [-0.4, -0.2) is 23.9 Å². The van der Waals surface area contributed by atoms with Gasteiger partial charge in [-0.2, -0.15) is 0 Å². The molecule has 0 aliphatic carbocycles. The average Bonchev–Trinajstić information content (AvgIpc) is 3.86. The van der Waals surface area contributed by atoms with Gasteiger partial charge in [-0.25, -0.2) is 4.98 Å². The zero-order chi connectivity index (χ0) is 38.2. The Bertz CT molecular complexity index is 3430. The van der Waals surface area contributed by atoms with E-state index in [2.05, 4.69) is 183 Å². The van der Waals surface area contributed by atoms with E-state index in [4.69, 9.17) is 4.98 Å². The first-order chi connectivity index (χ1) is 28.8. The first kappa shape index (κ1) is 32.4. The fourth-order valence-corrected chi connectivity index (χ4v) is 8.99. The van der Waals surface area contributed by atoms with Crippen LogP contribution in [0.15, 0.2) is 201 Å².